The van der Waals surface area contributed by atoms with Gasteiger partial charge in [0, 0.05) is 50.0 Å². The summed E-state index contributed by atoms with van der Waals surface area (Å²) in [5.41, 5.74) is 5.03. The van der Waals surface area contributed by atoms with Crippen molar-refractivity contribution in [1.82, 2.24) is 34.1 Å². The maximum absolute atomic E-state index is 13.1. The third-order valence-corrected chi connectivity index (χ3v) is 6.80. The molecule has 1 aliphatic rings. The number of hydrogen-bond acceptors (Lipinski definition) is 6. The van der Waals surface area contributed by atoms with Gasteiger partial charge in [-0.3, -0.25) is 0 Å². The lowest BCUT2D eigenvalue weighted by Gasteiger charge is -2.11. The van der Waals surface area contributed by atoms with E-state index in [0.29, 0.717) is 29.6 Å². The topological polar surface area (TPSA) is 83.5 Å². The van der Waals surface area contributed by atoms with Crippen LogP contribution >= 0.6 is 0 Å². The number of nitrogens with zero attached hydrogens (tertiary/aromatic N) is 7. The van der Waals surface area contributed by atoms with Crippen molar-refractivity contribution in [3.63, 3.8) is 0 Å². The Bertz CT molecular complexity index is 1650. The van der Waals surface area contributed by atoms with Crippen LogP contribution in [0.2, 0.25) is 0 Å². The maximum Gasteiger partial charge on any atom is 0.434 e. The Kier molecular flexibility index (Phi) is 5.66. The van der Waals surface area contributed by atoms with E-state index in [1.807, 2.05) is 29.9 Å². The summed E-state index contributed by atoms with van der Waals surface area (Å²) in [7, 11) is 5.08. The number of rotatable bonds is 6. The molecule has 1 fully saturated rings. The van der Waals surface area contributed by atoms with E-state index < -0.39 is 11.9 Å². The highest BCUT2D eigenvalue weighted by molar-refractivity contribution is 5.82. The molecule has 4 aromatic heterocycles. The van der Waals surface area contributed by atoms with Crippen LogP contribution in [-0.2, 0) is 26.7 Å². The van der Waals surface area contributed by atoms with Crippen LogP contribution in [0.1, 0.15) is 41.3 Å². The minimum Gasteiger partial charge on any atom is -0.480 e. The van der Waals surface area contributed by atoms with Crippen molar-refractivity contribution in [2.45, 2.75) is 31.4 Å². The molecule has 1 aromatic carbocycles. The fourth-order valence-electron chi connectivity index (χ4n) is 4.76. The maximum atomic E-state index is 13.1. The van der Waals surface area contributed by atoms with Gasteiger partial charge in [0.25, 0.3) is 0 Å². The summed E-state index contributed by atoms with van der Waals surface area (Å²) < 4.78 is 48.1. The van der Waals surface area contributed by atoms with Crippen molar-refractivity contribution in [3.05, 3.63) is 71.7 Å². The number of alkyl halides is 3. The zero-order valence-electron chi connectivity index (χ0n) is 21.0. The SMILES string of the molecule is COc1ncnc(C2CC2)c1-c1ncc2c(n1)c(Cc1ccc(-c3nc(C(F)(F)F)cn3C)cc1)cn2C. The summed E-state index contributed by atoms with van der Waals surface area (Å²) in [4.78, 5) is 22.1. The number of methoxy groups -OCH3 is 1. The number of aryl methyl sites for hydroxylation is 2. The van der Waals surface area contributed by atoms with Crippen molar-refractivity contribution in [2.24, 2.45) is 14.1 Å². The molecule has 0 N–H and O–H groups in total. The average molecular weight is 520 g/mol. The smallest absolute Gasteiger partial charge is 0.434 e. The molecule has 4 heterocycles. The standard InChI is InChI=1S/C27H24F3N7O/c1-36-12-18(10-15-4-6-17(7-5-15)25-34-20(13-37(25)2)27(28,29)30)22-19(36)11-31-24(35-22)21-23(16-8-9-16)32-14-33-26(21)38-3/h4-7,11-14,16H,8-10H2,1-3H3. The largest absolute Gasteiger partial charge is 0.480 e. The average Bonchev–Trinajstić information content (AvgIpc) is 3.61. The molecule has 0 bridgehead atoms. The predicted molar refractivity (Wildman–Crippen MR) is 135 cm³/mol. The molecule has 0 spiro atoms. The van der Waals surface area contributed by atoms with Gasteiger partial charge in [-0.25, -0.2) is 24.9 Å². The van der Waals surface area contributed by atoms with Crippen LogP contribution < -0.4 is 4.74 Å². The Hall–Kier alpha value is -4.28. The number of imidazole rings is 1. The molecular weight excluding hydrogens is 495 g/mol. The molecule has 5 aromatic rings. The summed E-state index contributed by atoms with van der Waals surface area (Å²) in [6.07, 6.45) is 4.56. The van der Waals surface area contributed by atoms with Crippen LogP contribution in [0.5, 0.6) is 5.88 Å². The van der Waals surface area contributed by atoms with Gasteiger partial charge in [-0.1, -0.05) is 24.3 Å². The summed E-state index contributed by atoms with van der Waals surface area (Å²) in [6, 6.07) is 7.38. The minimum atomic E-state index is -4.49. The molecule has 1 aliphatic carbocycles. The van der Waals surface area contributed by atoms with Crippen molar-refractivity contribution < 1.29 is 17.9 Å². The van der Waals surface area contributed by atoms with Crippen LogP contribution in [0.3, 0.4) is 0 Å². The van der Waals surface area contributed by atoms with E-state index >= 15 is 0 Å². The first-order valence-corrected chi connectivity index (χ1v) is 12.1. The Morgan fingerprint density at radius 2 is 1.74 bits per heavy atom. The first-order chi connectivity index (χ1) is 18.2. The quantitative estimate of drug-likeness (QED) is 0.302. The second-order valence-corrected chi connectivity index (χ2v) is 9.54. The predicted octanol–water partition coefficient (Wildman–Crippen LogP) is 5.32. The molecule has 0 radical (unpaired) electrons. The second kappa shape index (κ2) is 8.93. The fraction of sp³-hybridized carbons (Fsp3) is 0.296. The van der Waals surface area contributed by atoms with Gasteiger partial charge in [0.05, 0.1) is 30.0 Å². The Balaban J connectivity index is 1.34. The van der Waals surface area contributed by atoms with Crippen LogP contribution in [0.4, 0.5) is 13.2 Å². The lowest BCUT2D eigenvalue weighted by molar-refractivity contribution is -0.140. The van der Waals surface area contributed by atoms with Crippen molar-refractivity contribution >= 4 is 11.0 Å². The van der Waals surface area contributed by atoms with E-state index in [-0.39, 0.29) is 5.82 Å². The summed E-state index contributed by atoms with van der Waals surface area (Å²) in [6.45, 7) is 0. The third kappa shape index (κ3) is 4.27. The van der Waals surface area contributed by atoms with Gasteiger partial charge >= 0.3 is 6.18 Å². The lowest BCUT2D eigenvalue weighted by atomic mass is 10.0. The normalized spacial score (nSPS) is 13.8. The van der Waals surface area contributed by atoms with Gasteiger partial charge in [0.15, 0.2) is 11.5 Å². The number of benzene rings is 1. The molecule has 6 rings (SSSR count). The molecule has 0 saturated heterocycles. The second-order valence-electron chi connectivity index (χ2n) is 9.54. The van der Waals surface area contributed by atoms with Gasteiger partial charge in [0.1, 0.15) is 17.7 Å². The molecule has 0 aliphatic heterocycles. The van der Waals surface area contributed by atoms with E-state index in [4.69, 9.17) is 9.72 Å². The highest BCUT2D eigenvalue weighted by atomic mass is 19.4. The molecule has 11 heteroatoms. The molecule has 0 atom stereocenters. The van der Waals surface area contributed by atoms with Gasteiger partial charge in [-0.2, -0.15) is 13.2 Å². The molecule has 0 unspecified atom stereocenters. The van der Waals surface area contributed by atoms with Crippen LogP contribution in [0.15, 0.2) is 49.2 Å². The summed E-state index contributed by atoms with van der Waals surface area (Å²) in [5.74, 6) is 1.60. The van der Waals surface area contributed by atoms with Gasteiger partial charge in [0.2, 0.25) is 5.88 Å². The molecule has 0 amide bonds. The number of aromatic nitrogens is 7. The van der Waals surface area contributed by atoms with E-state index in [1.54, 1.807) is 32.5 Å². The van der Waals surface area contributed by atoms with E-state index in [0.717, 1.165) is 52.5 Å². The van der Waals surface area contributed by atoms with E-state index in [2.05, 4.69) is 19.9 Å². The molecule has 1 saturated carbocycles. The van der Waals surface area contributed by atoms with E-state index in [9.17, 15) is 13.2 Å². The molecular formula is C27H24F3N7O. The van der Waals surface area contributed by atoms with Gasteiger partial charge in [-0.15, -0.1) is 0 Å². The summed E-state index contributed by atoms with van der Waals surface area (Å²) in [5, 5.41) is 0. The minimum absolute atomic E-state index is 0.261. The third-order valence-electron chi connectivity index (χ3n) is 6.80. The zero-order chi connectivity index (χ0) is 26.6. The zero-order valence-corrected chi connectivity index (χ0v) is 21.0. The number of hydrogen-bond donors (Lipinski definition) is 0. The van der Waals surface area contributed by atoms with Crippen molar-refractivity contribution in [3.8, 4) is 28.7 Å². The van der Waals surface area contributed by atoms with Gasteiger partial charge in [-0.05, 0) is 18.4 Å². The Morgan fingerprint density at radius 3 is 2.39 bits per heavy atom. The molecule has 38 heavy (non-hydrogen) atoms. The number of fused-ring (bicyclic) bond motifs is 1. The van der Waals surface area contributed by atoms with Crippen LogP contribution in [-0.4, -0.2) is 41.2 Å². The monoisotopic (exact) mass is 519 g/mol. The van der Waals surface area contributed by atoms with Crippen LogP contribution in [0, 0.1) is 0 Å². The first-order valence-electron chi connectivity index (χ1n) is 12.1. The number of ether oxygens (including phenoxy) is 1. The van der Waals surface area contributed by atoms with E-state index in [1.165, 1.54) is 10.9 Å². The van der Waals surface area contributed by atoms with Gasteiger partial charge < -0.3 is 13.9 Å². The number of halogens is 3. The first kappa shape index (κ1) is 24.1. The summed E-state index contributed by atoms with van der Waals surface area (Å²) >= 11 is 0. The Labute approximate surface area is 216 Å². The molecule has 194 valence electrons. The lowest BCUT2D eigenvalue weighted by Crippen LogP contribution is -2.04. The van der Waals surface area contributed by atoms with Crippen LogP contribution in [0.25, 0.3) is 33.8 Å². The molecule has 8 nitrogen and oxygen atoms in total. The Morgan fingerprint density at radius 1 is 0.974 bits per heavy atom. The fourth-order valence-corrected chi connectivity index (χ4v) is 4.76. The highest BCUT2D eigenvalue weighted by Crippen LogP contribution is 2.45. The van der Waals surface area contributed by atoms with Crippen molar-refractivity contribution in [1.29, 1.82) is 0 Å². The van der Waals surface area contributed by atoms with Crippen molar-refractivity contribution in [2.75, 3.05) is 7.11 Å². The highest BCUT2D eigenvalue weighted by Gasteiger charge is 2.34.